The molecule has 2 saturated carbocycles. The van der Waals surface area contributed by atoms with E-state index >= 15 is 0 Å². The first-order chi connectivity index (χ1) is 18.2. The molecule has 4 bridgehead atoms. The summed E-state index contributed by atoms with van der Waals surface area (Å²) < 4.78 is 19.2. The van der Waals surface area contributed by atoms with E-state index in [2.05, 4.69) is 32.6 Å². The van der Waals surface area contributed by atoms with Gasteiger partial charge in [0.1, 0.15) is 23.7 Å². The average molecular weight is 540 g/mol. The van der Waals surface area contributed by atoms with Crippen molar-refractivity contribution in [3.05, 3.63) is 11.6 Å². The molecule has 0 unspecified atom stereocenters. The van der Waals surface area contributed by atoms with Crippen molar-refractivity contribution >= 4 is 23.5 Å². The quantitative estimate of drug-likeness (QED) is 0.462. The van der Waals surface area contributed by atoms with Gasteiger partial charge in [-0.3, -0.25) is 19.2 Å². The summed E-state index contributed by atoms with van der Waals surface area (Å²) in [5.74, 6) is -0.902. The van der Waals surface area contributed by atoms with Crippen LogP contribution in [0.3, 0.4) is 0 Å². The standard InChI is InChI=1S/C31H41NO7/c1-16-9-20-19(21(34)10-16)11-22(35)26-27(20,4)15-31-29(6,28(26,5)13-24(36)39-31)7-8-30-12-17(2)25(37-18(3)33)23(38-30)14-32(30)31/h10,17,19-20,23,25-26H,7-9,11-15H2,1-6H3/t17-,19+,20-,23+,25-,26+,27+,28+,29+,30+,31-/m1/s1. The molecule has 0 aromatic rings. The molecule has 6 fully saturated rings. The van der Waals surface area contributed by atoms with Crippen LogP contribution in [0.2, 0.25) is 0 Å². The Balaban J connectivity index is 1.40. The van der Waals surface area contributed by atoms with Crippen LogP contribution in [-0.4, -0.2) is 58.6 Å². The van der Waals surface area contributed by atoms with Gasteiger partial charge < -0.3 is 14.2 Å². The minimum atomic E-state index is -0.972. The molecular formula is C31H41NO7. The van der Waals surface area contributed by atoms with Gasteiger partial charge in [0, 0.05) is 43.6 Å². The Bertz CT molecular complexity index is 1240. The predicted octanol–water partition coefficient (Wildman–Crippen LogP) is 3.96. The van der Waals surface area contributed by atoms with Crippen molar-refractivity contribution in [3.63, 3.8) is 0 Å². The molecule has 0 aromatic carbocycles. The Morgan fingerprint density at radius 1 is 1.13 bits per heavy atom. The van der Waals surface area contributed by atoms with Gasteiger partial charge in [-0.1, -0.05) is 33.3 Å². The number of fused-ring (bicyclic) bond motifs is 5. The number of carbonyl (C=O) groups excluding carboxylic acids is 4. The maximum Gasteiger partial charge on any atom is 0.308 e. The first kappa shape index (κ1) is 25.9. The Hall–Kier alpha value is -2.06. The summed E-state index contributed by atoms with van der Waals surface area (Å²) in [7, 11) is 0. The van der Waals surface area contributed by atoms with Crippen molar-refractivity contribution in [2.45, 2.75) is 110 Å². The molecule has 4 saturated heterocycles. The summed E-state index contributed by atoms with van der Waals surface area (Å²) in [5.41, 5.74) is -2.13. The van der Waals surface area contributed by atoms with Crippen molar-refractivity contribution in [1.29, 1.82) is 0 Å². The summed E-state index contributed by atoms with van der Waals surface area (Å²) in [5, 5.41) is 0. The minimum absolute atomic E-state index is 0.0174. The lowest BCUT2D eigenvalue weighted by molar-refractivity contribution is -0.380. The zero-order chi connectivity index (χ0) is 27.9. The van der Waals surface area contributed by atoms with E-state index in [1.54, 1.807) is 6.08 Å². The minimum Gasteiger partial charge on any atom is -0.459 e. The van der Waals surface area contributed by atoms with E-state index in [1.165, 1.54) is 6.92 Å². The third-order valence-electron chi connectivity index (χ3n) is 12.8. The van der Waals surface area contributed by atoms with Crippen molar-refractivity contribution in [3.8, 4) is 0 Å². The van der Waals surface area contributed by atoms with E-state index in [0.29, 0.717) is 19.4 Å². The molecule has 1 spiro atoms. The summed E-state index contributed by atoms with van der Waals surface area (Å²) in [6.45, 7) is 12.7. The fraction of sp³-hybridized carbons (Fsp3) is 0.806. The van der Waals surface area contributed by atoms with Gasteiger partial charge in [-0.15, -0.1) is 0 Å². The second kappa shape index (κ2) is 7.61. The number of ketones is 2. The summed E-state index contributed by atoms with van der Waals surface area (Å²) in [6, 6.07) is 0. The third kappa shape index (κ3) is 2.93. The fourth-order valence-electron chi connectivity index (χ4n) is 11.3. The van der Waals surface area contributed by atoms with Crippen LogP contribution in [0.1, 0.15) is 86.5 Å². The van der Waals surface area contributed by atoms with E-state index in [4.69, 9.17) is 14.2 Å². The highest BCUT2D eigenvalue weighted by molar-refractivity contribution is 5.99. The molecule has 0 amide bonds. The van der Waals surface area contributed by atoms with Crippen LogP contribution in [0.4, 0.5) is 0 Å². The van der Waals surface area contributed by atoms with Crippen molar-refractivity contribution in [2.24, 2.45) is 39.9 Å². The maximum absolute atomic E-state index is 14.1. The molecule has 212 valence electrons. The van der Waals surface area contributed by atoms with E-state index in [0.717, 1.165) is 24.8 Å². The van der Waals surface area contributed by atoms with Crippen LogP contribution in [-0.2, 0) is 33.4 Å². The fourth-order valence-corrected chi connectivity index (χ4v) is 11.3. The number of hydrogen-bond acceptors (Lipinski definition) is 8. The molecule has 4 aliphatic heterocycles. The first-order valence-electron chi connectivity index (χ1n) is 14.8. The number of rotatable bonds is 1. The SMILES string of the molecule is CC(=O)O[C@@H]1[C@H](C)C[C@@]23CC[C@@]4(C)[C@@]5(C)CC(=O)O[C@@]4(C[C@@]4(C)[C@@H]6CC(C)=CC(=O)[C@H]6CC(=O)[C@@H]45)N2C[C@@H]1O3. The lowest BCUT2D eigenvalue weighted by Gasteiger charge is -2.76. The predicted molar refractivity (Wildman–Crippen MR) is 139 cm³/mol. The molecule has 0 N–H and O–H groups in total. The molecule has 0 aromatic heterocycles. The molecule has 7 aliphatic rings. The molecule has 8 nitrogen and oxygen atoms in total. The van der Waals surface area contributed by atoms with Crippen LogP contribution < -0.4 is 0 Å². The van der Waals surface area contributed by atoms with Gasteiger partial charge in [0.25, 0.3) is 0 Å². The van der Waals surface area contributed by atoms with E-state index < -0.39 is 27.7 Å². The van der Waals surface area contributed by atoms with E-state index in [9.17, 15) is 19.2 Å². The second-order valence-corrected chi connectivity index (χ2v) is 14.7. The van der Waals surface area contributed by atoms with Gasteiger partial charge in [-0.05, 0) is 61.3 Å². The molecule has 4 heterocycles. The number of ether oxygens (including phenoxy) is 3. The van der Waals surface area contributed by atoms with Gasteiger partial charge in [0.05, 0.1) is 6.42 Å². The molecule has 3 aliphatic carbocycles. The monoisotopic (exact) mass is 539 g/mol. The number of piperidine rings is 1. The van der Waals surface area contributed by atoms with Crippen LogP contribution in [0.15, 0.2) is 11.6 Å². The number of allylic oxidation sites excluding steroid dienone is 2. The summed E-state index contributed by atoms with van der Waals surface area (Å²) in [4.78, 5) is 55.2. The van der Waals surface area contributed by atoms with Crippen molar-refractivity contribution in [1.82, 2.24) is 4.90 Å². The van der Waals surface area contributed by atoms with Crippen molar-refractivity contribution < 1.29 is 33.4 Å². The van der Waals surface area contributed by atoms with Crippen LogP contribution in [0, 0.1) is 39.9 Å². The number of Topliss-reactive ketones (excluding diaryl/α,β-unsaturated/α-hetero) is 1. The highest BCUT2D eigenvalue weighted by Crippen LogP contribution is 2.77. The van der Waals surface area contributed by atoms with Gasteiger partial charge in [0.15, 0.2) is 11.5 Å². The Morgan fingerprint density at radius 3 is 2.59 bits per heavy atom. The highest BCUT2D eigenvalue weighted by atomic mass is 16.6. The Labute approximate surface area is 230 Å². The summed E-state index contributed by atoms with van der Waals surface area (Å²) >= 11 is 0. The summed E-state index contributed by atoms with van der Waals surface area (Å²) in [6.07, 6.45) is 5.04. The van der Waals surface area contributed by atoms with Crippen LogP contribution >= 0.6 is 0 Å². The lowest BCUT2D eigenvalue weighted by Crippen LogP contribution is -2.82. The molecule has 7 rings (SSSR count). The van der Waals surface area contributed by atoms with Gasteiger partial charge in [0.2, 0.25) is 0 Å². The molecule has 0 radical (unpaired) electrons. The van der Waals surface area contributed by atoms with Gasteiger partial charge in [-0.25, -0.2) is 4.90 Å². The first-order valence-corrected chi connectivity index (χ1v) is 14.8. The smallest absolute Gasteiger partial charge is 0.308 e. The van der Waals surface area contributed by atoms with Gasteiger partial charge in [-0.2, -0.15) is 0 Å². The second-order valence-electron chi connectivity index (χ2n) is 14.7. The zero-order valence-electron chi connectivity index (χ0n) is 24.0. The third-order valence-corrected chi connectivity index (χ3v) is 12.8. The van der Waals surface area contributed by atoms with E-state index in [1.807, 2.05) is 6.92 Å². The maximum atomic E-state index is 14.1. The highest BCUT2D eigenvalue weighted by Gasteiger charge is 2.82. The number of hydrogen-bond donors (Lipinski definition) is 0. The van der Waals surface area contributed by atoms with Crippen molar-refractivity contribution in [2.75, 3.05) is 6.54 Å². The molecule has 39 heavy (non-hydrogen) atoms. The van der Waals surface area contributed by atoms with Gasteiger partial charge >= 0.3 is 11.9 Å². The number of carbonyl (C=O) groups is 4. The Kier molecular flexibility index (Phi) is 5.05. The largest absolute Gasteiger partial charge is 0.459 e. The lowest BCUT2D eigenvalue weighted by atomic mass is 9.34. The normalized spacial score (nSPS) is 54.0. The zero-order valence-corrected chi connectivity index (χ0v) is 24.0. The molecular weight excluding hydrogens is 498 g/mol. The average Bonchev–Trinajstić information content (AvgIpc) is 3.14. The Morgan fingerprint density at radius 2 is 1.87 bits per heavy atom. The number of nitrogens with zero attached hydrogens (tertiary/aromatic N) is 1. The molecule has 11 atom stereocenters. The van der Waals surface area contributed by atoms with Crippen LogP contribution in [0.25, 0.3) is 0 Å². The topological polar surface area (TPSA) is 99.2 Å². The van der Waals surface area contributed by atoms with E-state index in [-0.39, 0.29) is 72.2 Å². The van der Waals surface area contributed by atoms with Crippen LogP contribution in [0.5, 0.6) is 0 Å². The number of esters is 2. The molecule has 8 heteroatoms.